The molecule has 0 aliphatic heterocycles. The Labute approximate surface area is 860 Å². The Kier molecular flexibility index (Phi) is 21.5. The Bertz CT molecular complexity index is 9890. The summed E-state index contributed by atoms with van der Waals surface area (Å²) in [5, 5.41) is 13.7. The molecule has 30 rings (SSSR count). The first-order chi connectivity index (χ1) is 74.4. The lowest BCUT2D eigenvalue weighted by molar-refractivity contribution is 1.06. The number of fused-ring (bicyclic) bond motifs is 18. The molecule has 0 atom stereocenters. The summed E-state index contributed by atoms with van der Waals surface area (Å²) in [5.41, 5.74) is 29.3. The van der Waals surface area contributed by atoms with E-state index < -0.39 is 0 Å². The van der Waals surface area contributed by atoms with Gasteiger partial charge in [0.05, 0.1) is 77.6 Å². The van der Waals surface area contributed by atoms with Crippen LogP contribution in [0.3, 0.4) is 0 Å². The van der Waals surface area contributed by atoms with Gasteiger partial charge in [0.1, 0.15) is 11.4 Å². The van der Waals surface area contributed by atoms with E-state index in [4.69, 9.17) is 54.8 Å². The third-order valence-corrected chi connectivity index (χ3v) is 28.4. The van der Waals surface area contributed by atoms with Crippen molar-refractivity contribution in [3.63, 3.8) is 0 Å². The summed E-state index contributed by atoms with van der Waals surface area (Å²) in [5.74, 6) is 4.15. The number of benzene rings is 19. The standard InChI is InChI=1S/C50H32N6.C49H31N7.C34H22N4/c1-4-14-33(15-5-1)43-32-44(34-16-6-2-7-17-34)53-50(52-43)46-41-21-10-12-22-42(41)51-49(54-46)36-24-27-38(28-25-36)56-45-23-13-11-20-39(45)40-29-26-35-30-31-55(47(35)48(40)56)37-18-8-3-9-19-37;1-4-14-33(15-5-1)47-52-48(34-16-6-2-7-17-34)54-49(53-47)43-40-21-10-12-22-41(40)50-46(51-43)35-24-27-37(28-25-35)56-42-23-13-11-20-38(42)39-29-26-32-30-31-55(44(32)45(39)56)36-18-8-3-9-19-36;1-2-11-26(12-3-1)37-20-19-23-17-18-29-28-14-5-7-16-31(28)38(33(29)32(23)37)27-13-8-10-24(21-27)34-35-22-25-9-4-6-15-30(25)36-34/h1-32H;1-31H;1-22H. The summed E-state index contributed by atoms with van der Waals surface area (Å²) < 4.78 is 14.0. The van der Waals surface area contributed by atoms with Crippen molar-refractivity contribution in [2.45, 2.75) is 0 Å². The van der Waals surface area contributed by atoms with Gasteiger partial charge in [-0.2, -0.15) is 0 Å². The molecule has 0 radical (unpaired) electrons. The first-order valence-electron chi connectivity index (χ1n) is 50.1. The molecule has 17 heteroatoms. The van der Waals surface area contributed by atoms with Crippen molar-refractivity contribution < 1.29 is 0 Å². The molecule has 0 spiro atoms. The minimum atomic E-state index is 0.491. The Morgan fingerprint density at radius 1 is 0.153 bits per heavy atom. The van der Waals surface area contributed by atoms with E-state index in [9.17, 15) is 0 Å². The van der Waals surface area contributed by atoms with Crippen LogP contribution in [0.15, 0.2) is 516 Å². The van der Waals surface area contributed by atoms with E-state index in [1.165, 1.54) is 81.6 Å². The van der Waals surface area contributed by atoms with Gasteiger partial charge in [0.2, 0.25) is 0 Å². The normalized spacial score (nSPS) is 11.6. The van der Waals surface area contributed by atoms with Gasteiger partial charge in [-0.3, -0.25) is 0 Å². The molecule has 11 aromatic heterocycles. The summed E-state index contributed by atoms with van der Waals surface area (Å²) >= 11 is 0. The number of nitrogens with zero attached hydrogens (tertiary/aromatic N) is 17. The fourth-order valence-corrected chi connectivity index (χ4v) is 21.4. The van der Waals surface area contributed by atoms with Crippen LogP contribution in [0.5, 0.6) is 0 Å². The van der Waals surface area contributed by atoms with Crippen LogP contribution < -0.4 is 0 Å². The summed E-state index contributed by atoms with van der Waals surface area (Å²) in [6.45, 7) is 0. The van der Waals surface area contributed by atoms with Crippen molar-refractivity contribution in [1.82, 2.24) is 82.2 Å². The second kappa shape index (κ2) is 36.9. The Hall–Kier alpha value is -20.7. The smallest absolute Gasteiger partial charge is 0.183 e. The molecule has 30 aromatic rings. The van der Waals surface area contributed by atoms with Crippen LogP contribution in [0, 0.1) is 0 Å². The molecule has 0 aliphatic carbocycles. The molecule has 0 unspecified atom stereocenters. The molecule has 0 bridgehead atoms. The molecule has 702 valence electrons. The quantitative estimate of drug-likeness (QED) is 0.0956. The van der Waals surface area contributed by atoms with Crippen LogP contribution in [0.4, 0.5) is 0 Å². The maximum absolute atomic E-state index is 5.24. The molecule has 0 aliphatic rings. The van der Waals surface area contributed by atoms with Gasteiger partial charge in [-0.25, -0.2) is 54.8 Å². The van der Waals surface area contributed by atoms with Crippen LogP contribution in [-0.2, 0) is 0 Å². The van der Waals surface area contributed by atoms with Crippen molar-refractivity contribution in [2.75, 3.05) is 0 Å². The molecule has 0 saturated carbocycles. The third kappa shape index (κ3) is 15.5. The van der Waals surface area contributed by atoms with Gasteiger partial charge < -0.3 is 27.4 Å². The van der Waals surface area contributed by atoms with Gasteiger partial charge in [-0.05, 0) is 158 Å². The SMILES string of the molecule is c1ccc(-c2cc(-c3ccccc3)nc(-c3nc(-c4ccc(-n5c6ccccc6c6ccc7ccn(-c8ccccc8)c7c65)cc4)nc4ccccc34)n2)cc1.c1ccc(-c2nc(-c3ccccc3)nc(-c3nc(-c4ccc(-n5c6ccccc6c6ccc7ccn(-c8ccccc8)c7c65)cc4)nc4ccccc34)n2)cc1.c1ccc(-n2ccc3ccc4c5ccccc5n(-c5cccc(-c6ncc7ccccc7n6)c5)c4c32)cc1. The minimum Gasteiger partial charge on any atom is -0.315 e. The second-order valence-corrected chi connectivity index (χ2v) is 37.3. The van der Waals surface area contributed by atoms with E-state index in [2.05, 4.69) is 368 Å². The van der Waals surface area contributed by atoms with Crippen molar-refractivity contribution in [2.24, 2.45) is 0 Å². The fourth-order valence-electron chi connectivity index (χ4n) is 21.4. The third-order valence-electron chi connectivity index (χ3n) is 28.4. The molecular formula is C133H85N17. The van der Waals surface area contributed by atoms with Gasteiger partial charge in [0, 0.05) is 162 Å². The lowest BCUT2D eigenvalue weighted by Crippen LogP contribution is -2.03. The molecule has 150 heavy (non-hydrogen) atoms. The summed E-state index contributed by atoms with van der Waals surface area (Å²) in [7, 11) is 0. The number of rotatable bonds is 15. The predicted octanol–water partition coefficient (Wildman–Crippen LogP) is 32.0. The Balaban J connectivity index is 0.000000110. The largest absolute Gasteiger partial charge is 0.315 e. The highest BCUT2D eigenvalue weighted by Gasteiger charge is 2.27. The molecular weight excluding hydrogens is 1840 g/mol. The monoisotopic (exact) mass is 1920 g/mol. The lowest BCUT2D eigenvalue weighted by Gasteiger charge is -2.13. The summed E-state index contributed by atoms with van der Waals surface area (Å²) in [4.78, 5) is 55.4. The van der Waals surface area contributed by atoms with Crippen LogP contribution in [0.1, 0.15) is 0 Å². The van der Waals surface area contributed by atoms with Gasteiger partial charge in [0.25, 0.3) is 0 Å². The lowest BCUT2D eigenvalue weighted by atomic mass is 10.1. The van der Waals surface area contributed by atoms with Crippen LogP contribution in [-0.4, -0.2) is 82.2 Å². The van der Waals surface area contributed by atoms with Crippen molar-refractivity contribution >= 4 is 131 Å². The summed E-state index contributed by atoms with van der Waals surface area (Å²) in [6, 6.07) is 170. The second-order valence-electron chi connectivity index (χ2n) is 37.3. The highest BCUT2D eigenvalue weighted by Crippen LogP contribution is 2.45. The van der Waals surface area contributed by atoms with Crippen LogP contribution in [0.2, 0.25) is 0 Å². The topological polar surface area (TPSA) is 171 Å². The summed E-state index contributed by atoms with van der Waals surface area (Å²) in [6.07, 6.45) is 8.40. The maximum atomic E-state index is 5.24. The van der Waals surface area contributed by atoms with Gasteiger partial charge >= 0.3 is 0 Å². The van der Waals surface area contributed by atoms with Crippen LogP contribution in [0.25, 0.3) is 267 Å². The molecule has 0 N–H and O–H groups in total. The average molecular weight is 1920 g/mol. The zero-order valence-electron chi connectivity index (χ0n) is 80.7. The van der Waals surface area contributed by atoms with E-state index >= 15 is 0 Å². The molecule has 11 heterocycles. The number of hydrogen-bond acceptors (Lipinski definition) is 11. The van der Waals surface area contributed by atoms with Crippen molar-refractivity contribution in [1.29, 1.82) is 0 Å². The molecule has 0 saturated heterocycles. The fraction of sp³-hybridized carbons (Fsp3) is 0. The van der Waals surface area contributed by atoms with E-state index in [1.54, 1.807) is 0 Å². The number of aromatic nitrogens is 17. The molecule has 19 aromatic carbocycles. The first kappa shape index (κ1) is 87.1. The first-order valence-corrected chi connectivity index (χ1v) is 50.1. The minimum absolute atomic E-state index is 0.491. The van der Waals surface area contributed by atoms with Crippen molar-refractivity contribution in [3.8, 4) is 137 Å². The van der Waals surface area contributed by atoms with E-state index in [1.807, 2.05) is 176 Å². The van der Waals surface area contributed by atoms with Gasteiger partial charge in [0.15, 0.2) is 40.8 Å². The zero-order chi connectivity index (χ0) is 99.1. The van der Waals surface area contributed by atoms with E-state index in [0.29, 0.717) is 46.3 Å². The molecule has 17 nitrogen and oxygen atoms in total. The van der Waals surface area contributed by atoms with Gasteiger partial charge in [-0.15, -0.1) is 0 Å². The predicted molar refractivity (Wildman–Crippen MR) is 610 cm³/mol. The Morgan fingerprint density at radius 2 is 0.460 bits per heavy atom. The number of hydrogen-bond donors (Lipinski definition) is 0. The zero-order valence-corrected chi connectivity index (χ0v) is 80.7. The van der Waals surface area contributed by atoms with Crippen LogP contribution >= 0.6 is 0 Å². The molecule has 0 amide bonds. The average Bonchev–Trinajstić information content (AvgIpc) is 1.56. The number of para-hydroxylation sites is 9. The van der Waals surface area contributed by atoms with Gasteiger partial charge in [-0.1, -0.05) is 334 Å². The van der Waals surface area contributed by atoms with E-state index in [0.717, 1.165) is 140 Å². The highest BCUT2D eigenvalue weighted by molar-refractivity contribution is 6.21. The maximum Gasteiger partial charge on any atom is 0.183 e. The van der Waals surface area contributed by atoms with E-state index in [-0.39, 0.29) is 0 Å². The Morgan fingerprint density at radius 3 is 0.873 bits per heavy atom. The highest BCUT2D eigenvalue weighted by atomic mass is 15.1. The van der Waals surface area contributed by atoms with Crippen molar-refractivity contribution in [3.05, 3.63) is 516 Å². The molecule has 0 fully saturated rings.